The highest BCUT2D eigenvalue weighted by Gasteiger charge is 2.02. The quantitative estimate of drug-likeness (QED) is 0.218. The Balaban J connectivity index is 1.83. The van der Waals surface area contributed by atoms with E-state index < -0.39 is 0 Å². The highest BCUT2D eigenvalue weighted by molar-refractivity contribution is 14.1. The van der Waals surface area contributed by atoms with Gasteiger partial charge in [-0.25, -0.2) is 0 Å². The molecule has 0 aromatic heterocycles. The van der Waals surface area contributed by atoms with E-state index in [9.17, 15) is 0 Å². The second kappa shape index (κ2) is 9.97. The summed E-state index contributed by atoms with van der Waals surface area (Å²) < 4.78 is 6.94. The smallest absolute Gasteiger partial charge is 0.127 e. The molecule has 26 heavy (non-hydrogen) atoms. The topological polar surface area (TPSA) is 9.23 Å². The van der Waals surface area contributed by atoms with Gasteiger partial charge in [0.2, 0.25) is 0 Å². The SMILES string of the molecule is [123I]CCOc1cc(/C=C/c2ccccc2)ccc1/C=C/c1ccccc1. The average Bonchev–Trinajstić information content (AvgIpc) is 2.71. The summed E-state index contributed by atoms with van der Waals surface area (Å²) in [5.74, 6) is 0.920. The van der Waals surface area contributed by atoms with E-state index >= 15 is 0 Å². The molecule has 0 aliphatic carbocycles. The zero-order valence-corrected chi connectivity index (χ0v) is 16.7. The summed E-state index contributed by atoms with van der Waals surface area (Å²) in [6.07, 6.45) is 8.47. The lowest BCUT2D eigenvalue weighted by molar-refractivity contribution is 0.346. The van der Waals surface area contributed by atoms with E-state index in [1.807, 2.05) is 36.4 Å². The molecule has 0 heterocycles. The molecule has 3 rings (SSSR count). The van der Waals surface area contributed by atoms with Crippen LogP contribution in [0.25, 0.3) is 24.3 Å². The maximum absolute atomic E-state index is 5.97. The van der Waals surface area contributed by atoms with Gasteiger partial charge < -0.3 is 4.74 Å². The summed E-state index contributed by atoms with van der Waals surface area (Å²) in [5, 5.41) is 0. The number of benzene rings is 3. The second-order valence-corrected chi connectivity index (χ2v) is 6.90. The van der Waals surface area contributed by atoms with Gasteiger partial charge in [-0.05, 0) is 22.8 Å². The van der Waals surface area contributed by atoms with Gasteiger partial charge in [-0.2, -0.15) is 0 Å². The number of hydrogen-bond donors (Lipinski definition) is 0. The van der Waals surface area contributed by atoms with Crippen LogP contribution in [0.1, 0.15) is 22.3 Å². The molecule has 2 heteroatoms. The lowest BCUT2D eigenvalue weighted by Crippen LogP contribution is -1.99. The average molecular weight is 448 g/mol. The highest BCUT2D eigenvalue weighted by atomic mass is 123. The molecule has 0 spiro atoms. The Hall–Kier alpha value is -2.33. The normalized spacial score (nSPS) is 11.3. The summed E-state index contributed by atoms with van der Waals surface area (Å²) in [6.45, 7) is 0.707. The van der Waals surface area contributed by atoms with Crippen LogP contribution in [0, 0.1) is 0 Å². The van der Waals surface area contributed by atoms with Crippen molar-refractivity contribution in [3.63, 3.8) is 0 Å². The third-order valence-corrected chi connectivity index (χ3v) is 4.34. The van der Waals surface area contributed by atoms with Crippen LogP contribution in [0.15, 0.2) is 78.9 Å². The molecule has 0 radical (unpaired) electrons. The summed E-state index contributed by atoms with van der Waals surface area (Å²) in [5.41, 5.74) is 4.60. The van der Waals surface area contributed by atoms with Gasteiger partial charge in [0, 0.05) is 9.99 Å². The first kappa shape index (κ1) is 18.5. The van der Waals surface area contributed by atoms with E-state index in [2.05, 4.69) is 89.4 Å². The fourth-order valence-electron chi connectivity index (χ4n) is 2.57. The van der Waals surface area contributed by atoms with Gasteiger partial charge in [0.15, 0.2) is 0 Å². The lowest BCUT2D eigenvalue weighted by Gasteiger charge is -2.09. The molecule has 130 valence electrons. The molecule has 0 atom stereocenters. The minimum Gasteiger partial charge on any atom is -0.492 e. The van der Waals surface area contributed by atoms with Gasteiger partial charge in [-0.3, -0.25) is 0 Å². The summed E-state index contributed by atoms with van der Waals surface area (Å²) in [6, 6.07) is 27.0. The Labute approximate surface area is 169 Å². The number of ether oxygens (including phenoxy) is 1. The Morgan fingerprint density at radius 1 is 0.654 bits per heavy atom. The Morgan fingerprint density at radius 3 is 1.85 bits per heavy atom. The molecule has 0 saturated heterocycles. The fraction of sp³-hybridized carbons (Fsp3) is 0.0833. The summed E-state index contributed by atoms with van der Waals surface area (Å²) in [4.78, 5) is 0. The summed E-state index contributed by atoms with van der Waals surface area (Å²) >= 11 is 2.33. The van der Waals surface area contributed by atoms with Gasteiger partial charge in [0.25, 0.3) is 0 Å². The molecule has 0 aliphatic heterocycles. The van der Waals surface area contributed by atoms with Gasteiger partial charge in [0.1, 0.15) is 5.75 Å². The predicted octanol–water partition coefficient (Wildman–Crippen LogP) is 6.84. The van der Waals surface area contributed by atoms with Crippen molar-refractivity contribution < 1.29 is 4.74 Å². The Kier molecular flexibility index (Phi) is 7.08. The molecule has 0 saturated carbocycles. The lowest BCUT2D eigenvalue weighted by atomic mass is 10.1. The number of hydrogen-bond acceptors (Lipinski definition) is 1. The van der Waals surface area contributed by atoms with Crippen LogP contribution in [-0.2, 0) is 0 Å². The van der Waals surface area contributed by atoms with Crippen molar-refractivity contribution in [3.8, 4) is 5.75 Å². The number of rotatable bonds is 7. The minimum atomic E-state index is 0.707. The molecule has 3 aromatic rings. The van der Waals surface area contributed by atoms with E-state index in [1.54, 1.807) is 0 Å². The monoisotopic (exact) mass is 448 g/mol. The van der Waals surface area contributed by atoms with E-state index in [4.69, 9.17) is 4.74 Å². The molecule has 0 aliphatic rings. The fourth-order valence-corrected chi connectivity index (χ4v) is 2.79. The molecule has 0 amide bonds. The minimum absolute atomic E-state index is 0.707. The summed E-state index contributed by atoms with van der Waals surface area (Å²) in [7, 11) is 0. The standard InChI is InChI=1S/C24H21IO/c25-17-18-26-24-19-22(12-11-20-7-3-1-4-8-20)14-16-23(24)15-13-21-9-5-2-6-10-21/h1-16,19H,17-18H2/b12-11+,15-13+/i25-4. The van der Waals surface area contributed by atoms with Gasteiger partial charge in [0.05, 0.1) is 6.61 Å². The zero-order chi connectivity index (χ0) is 18.0. The highest BCUT2D eigenvalue weighted by Crippen LogP contribution is 2.24. The van der Waals surface area contributed by atoms with Crippen LogP contribution in [0.4, 0.5) is 0 Å². The maximum Gasteiger partial charge on any atom is 0.127 e. The van der Waals surface area contributed by atoms with Crippen LogP contribution in [0.2, 0.25) is 0 Å². The van der Waals surface area contributed by atoms with Crippen molar-refractivity contribution in [2.45, 2.75) is 0 Å². The largest absolute Gasteiger partial charge is 0.492 e. The van der Waals surface area contributed by atoms with Crippen molar-refractivity contribution in [3.05, 3.63) is 101 Å². The number of alkyl halides is 1. The molecule has 1 nitrogen and oxygen atoms in total. The van der Waals surface area contributed by atoms with Crippen LogP contribution in [0.5, 0.6) is 5.75 Å². The molecule has 0 unspecified atom stereocenters. The molecule has 0 N–H and O–H groups in total. The van der Waals surface area contributed by atoms with Crippen molar-refractivity contribution in [1.29, 1.82) is 0 Å². The zero-order valence-electron chi connectivity index (χ0n) is 14.5. The van der Waals surface area contributed by atoms with Crippen molar-refractivity contribution in [2.75, 3.05) is 11.0 Å². The van der Waals surface area contributed by atoms with Crippen LogP contribution in [-0.4, -0.2) is 11.0 Å². The maximum atomic E-state index is 5.97. The van der Waals surface area contributed by atoms with E-state index in [1.165, 1.54) is 11.1 Å². The number of halogens is 1. The van der Waals surface area contributed by atoms with Crippen molar-refractivity contribution in [2.24, 2.45) is 0 Å². The predicted molar refractivity (Wildman–Crippen MR) is 122 cm³/mol. The Morgan fingerprint density at radius 2 is 1.23 bits per heavy atom. The van der Waals surface area contributed by atoms with E-state index in [-0.39, 0.29) is 0 Å². The first-order valence-electron chi connectivity index (χ1n) is 8.64. The third-order valence-electron chi connectivity index (χ3n) is 3.90. The molecular formula is C24H21IO. The molecule has 0 bridgehead atoms. The molecule has 0 fully saturated rings. The molecule has 3 aromatic carbocycles. The molecular weight excluding hydrogens is 427 g/mol. The Bertz CT molecular complexity index is 867. The van der Waals surface area contributed by atoms with E-state index in [0.717, 1.165) is 21.3 Å². The first-order chi connectivity index (χ1) is 12.8. The van der Waals surface area contributed by atoms with Crippen LogP contribution in [0.3, 0.4) is 0 Å². The second-order valence-electron chi connectivity index (χ2n) is 5.82. The van der Waals surface area contributed by atoms with Gasteiger partial charge >= 0.3 is 0 Å². The van der Waals surface area contributed by atoms with Crippen LogP contribution >= 0.6 is 22.6 Å². The van der Waals surface area contributed by atoms with Crippen molar-refractivity contribution in [1.82, 2.24) is 0 Å². The van der Waals surface area contributed by atoms with E-state index in [0.29, 0.717) is 6.61 Å². The van der Waals surface area contributed by atoms with Gasteiger partial charge in [-0.15, -0.1) is 0 Å². The van der Waals surface area contributed by atoms with Gasteiger partial charge in [-0.1, -0.05) is 120 Å². The van der Waals surface area contributed by atoms with Crippen LogP contribution < -0.4 is 4.74 Å². The first-order valence-corrected chi connectivity index (χ1v) is 10.2. The third kappa shape index (κ3) is 5.60. The van der Waals surface area contributed by atoms with Crippen molar-refractivity contribution >= 4 is 46.9 Å².